The van der Waals surface area contributed by atoms with Crippen molar-refractivity contribution in [3.05, 3.63) is 29.8 Å². The average molecular weight is 330 g/mol. The molecule has 24 heavy (non-hydrogen) atoms. The molecule has 2 rings (SSSR count). The van der Waals surface area contributed by atoms with Crippen LogP contribution in [0.4, 0.5) is 5.69 Å². The summed E-state index contributed by atoms with van der Waals surface area (Å²) in [6.07, 6.45) is 4.28. The molecule has 0 saturated heterocycles. The Kier molecular flexibility index (Phi) is 6.03. The van der Waals surface area contributed by atoms with Crippen LogP contribution < -0.4 is 10.6 Å². The van der Waals surface area contributed by atoms with Crippen LogP contribution in [0, 0.1) is 17.3 Å². The molecule has 0 bridgehead atoms. The topological polar surface area (TPSA) is 58.2 Å². The molecule has 0 radical (unpaired) electrons. The number of carbonyl (C=O) groups is 2. The lowest BCUT2D eigenvalue weighted by Gasteiger charge is -2.36. The molecule has 2 amide bonds. The number of carbonyl (C=O) groups excluding carboxylic acids is 2. The third-order valence-electron chi connectivity index (χ3n) is 5.06. The van der Waals surface area contributed by atoms with Crippen molar-refractivity contribution in [2.45, 2.75) is 59.9 Å². The van der Waals surface area contributed by atoms with E-state index in [2.05, 4.69) is 31.4 Å². The number of amides is 2. The van der Waals surface area contributed by atoms with Crippen molar-refractivity contribution in [3.8, 4) is 0 Å². The lowest BCUT2D eigenvalue weighted by molar-refractivity contribution is -0.126. The minimum absolute atomic E-state index is 0.0816. The van der Waals surface area contributed by atoms with Crippen LogP contribution in [0.5, 0.6) is 0 Å². The Hall–Kier alpha value is -1.84. The van der Waals surface area contributed by atoms with Gasteiger partial charge in [-0.25, -0.2) is 0 Å². The van der Waals surface area contributed by atoms with Gasteiger partial charge >= 0.3 is 0 Å². The Morgan fingerprint density at radius 3 is 2.12 bits per heavy atom. The first-order valence-corrected chi connectivity index (χ1v) is 8.90. The molecule has 0 atom stereocenters. The standard InChI is InChI=1S/C20H30N2O2/c1-14(23)22-18-11-5-15(6-12-18)13-21-19(24)16-7-9-17(10-8-16)20(2,3)4/h5-6,11-12,16-17H,7-10,13H2,1-4H3,(H,21,24)(H,22,23). The Bertz CT molecular complexity index is 564. The number of hydrogen-bond acceptors (Lipinski definition) is 2. The van der Waals surface area contributed by atoms with Gasteiger partial charge in [0.15, 0.2) is 0 Å². The summed E-state index contributed by atoms with van der Waals surface area (Å²) in [5.41, 5.74) is 2.16. The van der Waals surface area contributed by atoms with Crippen LogP contribution in [0.25, 0.3) is 0 Å². The van der Waals surface area contributed by atoms with Crippen molar-refractivity contribution in [2.24, 2.45) is 17.3 Å². The largest absolute Gasteiger partial charge is 0.352 e. The average Bonchev–Trinajstić information content (AvgIpc) is 2.52. The molecule has 1 aliphatic carbocycles. The Balaban J connectivity index is 1.78. The fourth-order valence-corrected chi connectivity index (χ4v) is 3.46. The zero-order chi connectivity index (χ0) is 17.7. The van der Waals surface area contributed by atoms with Gasteiger partial charge in [-0.3, -0.25) is 9.59 Å². The van der Waals surface area contributed by atoms with Gasteiger partial charge in [0, 0.05) is 25.1 Å². The minimum atomic E-state index is -0.0816. The molecule has 1 aromatic rings. The van der Waals surface area contributed by atoms with Gasteiger partial charge in [-0.2, -0.15) is 0 Å². The van der Waals surface area contributed by atoms with Crippen molar-refractivity contribution >= 4 is 17.5 Å². The number of nitrogens with one attached hydrogen (secondary N) is 2. The van der Waals surface area contributed by atoms with Crippen molar-refractivity contribution < 1.29 is 9.59 Å². The van der Waals surface area contributed by atoms with E-state index in [4.69, 9.17) is 0 Å². The smallest absolute Gasteiger partial charge is 0.223 e. The molecule has 132 valence electrons. The normalized spacial score (nSPS) is 21.2. The highest BCUT2D eigenvalue weighted by atomic mass is 16.2. The second kappa shape index (κ2) is 7.82. The number of anilines is 1. The molecule has 1 saturated carbocycles. The van der Waals surface area contributed by atoms with Crippen molar-refractivity contribution in [1.82, 2.24) is 5.32 Å². The van der Waals surface area contributed by atoms with Crippen LogP contribution in [0.1, 0.15) is 58.9 Å². The van der Waals surface area contributed by atoms with Gasteiger partial charge in [0.2, 0.25) is 11.8 Å². The summed E-state index contributed by atoms with van der Waals surface area (Å²) in [4.78, 5) is 23.4. The van der Waals surface area contributed by atoms with Crippen molar-refractivity contribution in [3.63, 3.8) is 0 Å². The highest BCUT2D eigenvalue weighted by Gasteiger charge is 2.32. The van der Waals surface area contributed by atoms with Crippen LogP contribution in [0.15, 0.2) is 24.3 Å². The summed E-state index contributed by atoms with van der Waals surface area (Å²) >= 11 is 0. The summed E-state index contributed by atoms with van der Waals surface area (Å²) in [7, 11) is 0. The van der Waals surface area contributed by atoms with Crippen LogP contribution in [-0.2, 0) is 16.1 Å². The monoisotopic (exact) mass is 330 g/mol. The summed E-state index contributed by atoms with van der Waals surface area (Å²) in [5, 5.41) is 5.79. The molecule has 1 aliphatic rings. The number of rotatable bonds is 4. The van der Waals surface area contributed by atoms with E-state index in [-0.39, 0.29) is 17.7 Å². The van der Waals surface area contributed by atoms with Gasteiger partial charge in [-0.15, -0.1) is 0 Å². The van der Waals surface area contributed by atoms with E-state index in [1.807, 2.05) is 24.3 Å². The first kappa shape index (κ1) is 18.5. The number of hydrogen-bond donors (Lipinski definition) is 2. The zero-order valence-electron chi connectivity index (χ0n) is 15.3. The van der Waals surface area contributed by atoms with E-state index < -0.39 is 0 Å². The second-order valence-corrected chi connectivity index (χ2v) is 8.01. The molecule has 0 aliphatic heterocycles. The van der Waals surface area contributed by atoms with E-state index in [0.717, 1.165) is 42.9 Å². The highest BCUT2D eigenvalue weighted by Crippen LogP contribution is 2.39. The van der Waals surface area contributed by atoms with Crippen LogP contribution >= 0.6 is 0 Å². The van der Waals surface area contributed by atoms with Gasteiger partial charge in [0.1, 0.15) is 0 Å². The van der Waals surface area contributed by atoms with Crippen molar-refractivity contribution in [2.75, 3.05) is 5.32 Å². The molecular formula is C20H30N2O2. The lowest BCUT2D eigenvalue weighted by atomic mass is 9.69. The third kappa shape index (κ3) is 5.36. The lowest BCUT2D eigenvalue weighted by Crippen LogP contribution is -2.35. The van der Waals surface area contributed by atoms with Crippen LogP contribution in [-0.4, -0.2) is 11.8 Å². The summed E-state index contributed by atoms with van der Waals surface area (Å²) in [6, 6.07) is 7.58. The maximum Gasteiger partial charge on any atom is 0.223 e. The van der Waals surface area contributed by atoms with Gasteiger partial charge in [0.05, 0.1) is 0 Å². The maximum absolute atomic E-state index is 12.4. The minimum Gasteiger partial charge on any atom is -0.352 e. The number of benzene rings is 1. The SMILES string of the molecule is CC(=O)Nc1ccc(CNC(=O)C2CCC(C(C)(C)C)CC2)cc1. The molecule has 0 unspecified atom stereocenters. The predicted molar refractivity (Wildman–Crippen MR) is 97.5 cm³/mol. The predicted octanol–water partition coefficient (Wildman–Crippen LogP) is 4.11. The molecule has 0 aromatic heterocycles. The summed E-state index contributed by atoms with van der Waals surface area (Å²) < 4.78 is 0. The van der Waals surface area contributed by atoms with Gasteiger partial charge in [-0.1, -0.05) is 32.9 Å². The molecule has 2 N–H and O–H groups in total. The highest BCUT2D eigenvalue weighted by molar-refractivity contribution is 5.88. The Morgan fingerprint density at radius 2 is 1.62 bits per heavy atom. The Morgan fingerprint density at radius 1 is 1.04 bits per heavy atom. The van der Waals surface area contributed by atoms with E-state index in [1.165, 1.54) is 6.92 Å². The molecule has 4 heteroatoms. The van der Waals surface area contributed by atoms with Gasteiger partial charge in [0.25, 0.3) is 0 Å². The molecular weight excluding hydrogens is 300 g/mol. The zero-order valence-corrected chi connectivity index (χ0v) is 15.3. The molecule has 1 aromatic carbocycles. The maximum atomic E-state index is 12.4. The van der Waals surface area contributed by atoms with Gasteiger partial charge < -0.3 is 10.6 Å². The molecule has 0 heterocycles. The first-order chi connectivity index (χ1) is 11.3. The van der Waals surface area contributed by atoms with E-state index in [0.29, 0.717) is 12.0 Å². The summed E-state index contributed by atoms with van der Waals surface area (Å²) in [5.74, 6) is 0.973. The third-order valence-corrected chi connectivity index (χ3v) is 5.06. The van der Waals surface area contributed by atoms with Gasteiger partial charge in [-0.05, 0) is 54.7 Å². The quantitative estimate of drug-likeness (QED) is 0.872. The fourth-order valence-electron chi connectivity index (χ4n) is 3.46. The van der Waals surface area contributed by atoms with Crippen LogP contribution in [0.2, 0.25) is 0 Å². The molecule has 4 nitrogen and oxygen atoms in total. The van der Waals surface area contributed by atoms with E-state index >= 15 is 0 Å². The second-order valence-electron chi connectivity index (χ2n) is 8.01. The molecule has 0 spiro atoms. The van der Waals surface area contributed by atoms with Crippen LogP contribution in [0.3, 0.4) is 0 Å². The van der Waals surface area contributed by atoms with E-state index in [1.54, 1.807) is 0 Å². The van der Waals surface area contributed by atoms with E-state index in [9.17, 15) is 9.59 Å². The fraction of sp³-hybridized carbons (Fsp3) is 0.600. The first-order valence-electron chi connectivity index (χ1n) is 8.90. The summed E-state index contributed by atoms with van der Waals surface area (Å²) in [6.45, 7) is 8.91. The Labute approximate surface area is 145 Å². The van der Waals surface area contributed by atoms with Crippen molar-refractivity contribution in [1.29, 1.82) is 0 Å². The molecule has 1 fully saturated rings.